The average molecular weight is 253 g/mol. The Kier molecular flexibility index (Phi) is 2.79. The molecule has 0 bridgehead atoms. The van der Waals surface area contributed by atoms with Gasteiger partial charge in [0.1, 0.15) is 6.04 Å². The number of nitrogens with zero attached hydrogens (tertiary/aromatic N) is 3. The van der Waals surface area contributed by atoms with Crippen LogP contribution in [0.1, 0.15) is 36.9 Å². The van der Waals surface area contributed by atoms with Crippen molar-refractivity contribution >= 4 is 5.97 Å². The molecule has 0 spiro atoms. The molecule has 0 radical (unpaired) electrons. The van der Waals surface area contributed by atoms with Crippen LogP contribution in [-0.2, 0) is 11.3 Å². The molecule has 1 saturated carbocycles. The lowest BCUT2D eigenvalue weighted by molar-refractivity contribution is -0.142. The van der Waals surface area contributed by atoms with Crippen molar-refractivity contribution in [2.75, 3.05) is 6.54 Å². The Morgan fingerprint density at radius 2 is 2.28 bits per heavy atom. The van der Waals surface area contributed by atoms with Gasteiger partial charge in [-0.1, -0.05) is 5.16 Å². The molecule has 0 amide bonds. The van der Waals surface area contributed by atoms with Gasteiger partial charge in [-0.25, -0.2) is 0 Å². The Morgan fingerprint density at radius 3 is 2.94 bits per heavy atom. The molecule has 2 aliphatic rings. The highest BCUT2D eigenvalue weighted by Crippen LogP contribution is 2.38. The molecular formula is C11H15N3O4. The topological polar surface area (TPSA) is 99.7 Å². The summed E-state index contributed by atoms with van der Waals surface area (Å²) in [6.45, 7) is 0.617. The van der Waals surface area contributed by atoms with Crippen molar-refractivity contribution in [1.82, 2.24) is 15.0 Å². The lowest BCUT2D eigenvalue weighted by Gasteiger charge is -2.17. The van der Waals surface area contributed by atoms with Crippen LogP contribution in [0.15, 0.2) is 4.52 Å². The molecule has 18 heavy (non-hydrogen) atoms. The SMILES string of the molecule is O=C(O)C1CC(O)CN1Cc1nc(C2CC2)no1. The third-order valence-corrected chi connectivity index (χ3v) is 3.43. The van der Waals surface area contributed by atoms with E-state index < -0.39 is 18.1 Å². The predicted molar refractivity (Wildman–Crippen MR) is 58.7 cm³/mol. The van der Waals surface area contributed by atoms with Crippen molar-refractivity contribution in [2.45, 2.75) is 43.9 Å². The standard InChI is InChI=1S/C11H15N3O4/c15-7-3-8(11(16)17)14(4-7)5-9-12-10(13-18-9)6-1-2-6/h6-8,15H,1-5H2,(H,16,17). The van der Waals surface area contributed by atoms with E-state index >= 15 is 0 Å². The second-order valence-electron chi connectivity index (χ2n) is 4.99. The van der Waals surface area contributed by atoms with Crippen LogP contribution in [-0.4, -0.2) is 49.9 Å². The summed E-state index contributed by atoms with van der Waals surface area (Å²) in [5, 5.41) is 22.5. The predicted octanol–water partition coefficient (Wildman–Crippen LogP) is -0.0332. The molecule has 3 rings (SSSR count). The third-order valence-electron chi connectivity index (χ3n) is 3.43. The molecule has 2 unspecified atom stereocenters. The fraction of sp³-hybridized carbons (Fsp3) is 0.727. The van der Waals surface area contributed by atoms with Gasteiger partial charge in [-0.05, 0) is 12.8 Å². The molecule has 2 atom stereocenters. The van der Waals surface area contributed by atoms with Gasteiger partial charge in [0.15, 0.2) is 5.82 Å². The van der Waals surface area contributed by atoms with Crippen LogP contribution in [0.3, 0.4) is 0 Å². The number of hydrogen-bond donors (Lipinski definition) is 2. The zero-order valence-corrected chi connectivity index (χ0v) is 9.82. The maximum atomic E-state index is 11.1. The van der Waals surface area contributed by atoms with Gasteiger partial charge in [-0.2, -0.15) is 4.98 Å². The summed E-state index contributed by atoms with van der Waals surface area (Å²) in [6.07, 6.45) is 1.84. The average Bonchev–Trinajstić information content (AvgIpc) is 2.95. The van der Waals surface area contributed by atoms with Crippen LogP contribution in [0.2, 0.25) is 0 Å². The van der Waals surface area contributed by atoms with Gasteiger partial charge in [0.05, 0.1) is 12.6 Å². The van der Waals surface area contributed by atoms with Crippen molar-refractivity contribution in [1.29, 1.82) is 0 Å². The normalized spacial score (nSPS) is 28.7. The lowest BCUT2D eigenvalue weighted by Crippen LogP contribution is -2.35. The van der Waals surface area contributed by atoms with Crippen LogP contribution < -0.4 is 0 Å². The van der Waals surface area contributed by atoms with E-state index in [9.17, 15) is 9.90 Å². The number of rotatable bonds is 4. The highest BCUT2D eigenvalue weighted by Gasteiger charge is 2.37. The Labute approximate surface area is 103 Å². The molecule has 0 aromatic carbocycles. The fourth-order valence-corrected chi connectivity index (χ4v) is 2.32. The highest BCUT2D eigenvalue weighted by atomic mass is 16.5. The Bertz CT molecular complexity index is 457. The van der Waals surface area contributed by atoms with E-state index in [-0.39, 0.29) is 13.0 Å². The monoisotopic (exact) mass is 253 g/mol. The van der Waals surface area contributed by atoms with Gasteiger partial charge in [0, 0.05) is 18.9 Å². The molecule has 1 aromatic heterocycles. The van der Waals surface area contributed by atoms with Gasteiger partial charge in [0.25, 0.3) is 0 Å². The molecule has 1 aromatic rings. The number of carboxylic acid groups (broad SMARTS) is 1. The fourth-order valence-electron chi connectivity index (χ4n) is 2.32. The van der Waals surface area contributed by atoms with Crippen molar-refractivity contribution in [3.63, 3.8) is 0 Å². The molecule has 1 aliphatic heterocycles. The zero-order chi connectivity index (χ0) is 12.7. The summed E-state index contributed by atoms with van der Waals surface area (Å²) in [4.78, 5) is 17.0. The first kappa shape index (κ1) is 11.6. The van der Waals surface area contributed by atoms with Crippen molar-refractivity contribution < 1.29 is 19.5 Å². The number of hydrogen-bond acceptors (Lipinski definition) is 6. The van der Waals surface area contributed by atoms with Crippen molar-refractivity contribution in [2.24, 2.45) is 0 Å². The molecule has 1 saturated heterocycles. The molecule has 1 aliphatic carbocycles. The number of carboxylic acids is 1. The number of likely N-dealkylation sites (tertiary alicyclic amines) is 1. The second-order valence-corrected chi connectivity index (χ2v) is 4.99. The second kappa shape index (κ2) is 4.33. The van der Waals surface area contributed by atoms with E-state index in [4.69, 9.17) is 9.63 Å². The van der Waals surface area contributed by atoms with Gasteiger partial charge >= 0.3 is 5.97 Å². The van der Waals surface area contributed by atoms with E-state index in [2.05, 4.69) is 10.1 Å². The maximum Gasteiger partial charge on any atom is 0.321 e. The van der Waals surface area contributed by atoms with E-state index in [1.807, 2.05) is 0 Å². The molecular weight excluding hydrogens is 238 g/mol. The number of aliphatic hydroxyl groups is 1. The largest absolute Gasteiger partial charge is 0.480 e. The minimum absolute atomic E-state index is 0.249. The quantitative estimate of drug-likeness (QED) is 0.777. The minimum Gasteiger partial charge on any atom is -0.480 e. The minimum atomic E-state index is -0.923. The van der Waals surface area contributed by atoms with Crippen LogP contribution in [0, 0.1) is 0 Å². The maximum absolute atomic E-state index is 11.1. The van der Waals surface area contributed by atoms with E-state index in [0.29, 0.717) is 18.4 Å². The van der Waals surface area contributed by atoms with Crippen LogP contribution in [0.5, 0.6) is 0 Å². The summed E-state index contributed by atoms with van der Waals surface area (Å²) in [5.74, 6) is 0.643. The number of aromatic nitrogens is 2. The summed E-state index contributed by atoms with van der Waals surface area (Å²) in [6, 6.07) is -0.670. The summed E-state index contributed by atoms with van der Waals surface area (Å²) in [5.41, 5.74) is 0. The highest BCUT2D eigenvalue weighted by molar-refractivity contribution is 5.73. The summed E-state index contributed by atoms with van der Waals surface area (Å²) >= 11 is 0. The molecule has 98 valence electrons. The van der Waals surface area contributed by atoms with E-state index in [1.165, 1.54) is 0 Å². The zero-order valence-electron chi connectivity index (χ0n) is 9.82. The van der Waals surface area contributed by atoms with Crippen LogP contribution in [0.4, 0.5) is 0 Å². The van der Waals surface area contributed by atoms with Gasteiger partial charge in [-0.3, -0.25) is 9.69 Å². The molecule has 2 N–H and O–H groups in total. The third kappa shape index (κ3) is 2.23. The van der Waals surface area contributed by atoms with Gasteiger partial charge < -0.3 is 14.7 Å². The van der Waals surface area contributed by atoms with Crippen molar-refractivity contribution in [3.8, 4) is 0 Å². The number of aliphatic hydroxyl groups excluding tert-OH is 1. The lowest BCUT2D eigenvalue weighted by atomic mass is 10.2. The summed E-state index contributed by atoms with van der Waals surface area (Å²) < 4.78 is 5.11. The molecule has 7 heteroatoms. The molecule has 7 nitrogen and oxygen atoms in total. The first-order chi connectivity index (χ1) is 8.63. The van der Waals surface area contributed by atoms with E-state index in [0.717, 1.165) is 18.7 Å². The van der Waals surface area contributed by atoms with Gasteiger partial charge in [0.2, 0.25) is 5.89 Å². The number of β-amino-alcohol motifs (C(OH)–C–C–N with tert-alkyl or cyclic N) is 1. The number of aliphatic carboxylic acids is 1. The molecule has 2 fully saturated rings. The Morgan fingerprint density at radius 1 is 1.50 bits per heavy atom. The number of carbonyl (C=O) groups is 1. The smallest absolute Gasteiger partial charge is 0.321 e. The first-order valence-electron chi connectivity index (χ1n) is 6.11. The van der Waals surface area contributed by atoms with Crippen LogP contribution in [0.25, 0.3) is 0 Å². The Hall–Kier alpha value is -1.47. The van der Waals surface area contributed by atoms with Crippen LogP contribution >= 0.6 is 0 Å². The molecule has 2 heterocycles. The first-order valence-corrected chi connectivity index (χ1v) is 6.11. The summed E-state index contributed by atoms with van der Waals surface area (Å²) in [7, 11) is 0. The van der Waals surface area contributed by atoms with Gasteiger partial charge in [-0.15, -0.1) is 0 Å². The Balaban J connectivity index is 1.68. The van der Waals surface area contributed by atoms with Crippen molar-refractivity contribution in [3.05, 3.63) is 11.7 Å². The van der Waals surface area contributed by atoms with E-state index in [1.54, 1.807) is 4.90 Å².